The van der Waals surface area contributed by atoms with Gasteiger partial charge in [-0.3, -0.25) is 9.59 Å². The molecule has 0 aromatic heterocycles. The second-order valence-electron chi connectivity index (χ2n) is 3.65. The minimum atomic E-state index is -0.135. The fraction of sp³-hybridized carbons (Fsp3) is 0.333. The van der Waals surface area contributed by atoms with E-state index in [1.54, 1.807) is 12.1 Å². The molecule has 0 radical (unpaired) electrons. The minimum absolute atomic E-state index is 0.0795. The first-order valence-corrected chi connectivity index (χ1v) is 4.95. The summed E-state index contributed by atoms with van der Waals surface area (Å²) in [4.78, 5) is 22.4. The number of rotatable bonds is 4. The Hall–Kier alpha value is -1.64. The summed E-state index contributed by atoms with van der Waals surface area (Å²) in [5, 5.41) is 2.77. The highest BCUT2D eigenvalue weighted by Gasteiger charge is 2.10. The van der Waals surface area contributed by atoms with Crippen molar-refractivity contribution in [2.24, 2.45) is 0 Å². The Kier molecular flexibility index (Phi) is 4.03. The number of ketones is 1. The van der Waals surface area contributed by atoms with Crippen molar-refractivity contribution in [2.75, 3.05) is 0 Å². The number of amides is 1. The molecular formula is C12H15NO2. The molecule has 3 heteroatoms. The normalized spacial score (nSPS) is 11.9. The van der Waals surface area contributed by atoms with Gasteiger partial charge in [0.2, 0.25) is 0 Å². The van der Waals surface area contributed by atoms with E-state index in [4.69, 9.17) is 0 Å². The zero-order valence-corrected chi connectivity index (χ0v) is 8.99. The van der Waals surface area contributed by atoms with Crippen molar-refractivity contribution in [3.8, 4) is 0 Å². The molecule has 15 heavy (non-hydrogen) atoms. The number of nitrogens with one attached hydrogen (secondary N) is 1. The Labute approximate surface area is 89.5 Å². The molecule has 0 fully saturated rings. The minimum Gasteiger partial charge on any atom is -0.349 e. The summed E-state index contributed by atoms with van der Waals surface area (Å²) in [5.74, 6) is -0.0554. The molecule has 0 saturated heterocycles. The van der Waals surface area contributed by atoms with Crippen LogP contribution >= 0.6 is 0 Å². The monoisotopic (exact) mass is 205 g/mol. The van der Waals surface area contributed by atoms with E-state index in [0.717, 1.165) is 0 Å². The number of hydrogen-bond acceptors (Lipinski definition) is 2. The Bertz CT molecular complexity index is 346. The van der Waals surface area contributed by atoms with Crippen LogP contribution in [0.5, 0.6) is 0 Å². The lowest BCUT2D eigenvalue weighted by atomic mass is 10.1. The van der Waals surface area contributed by atoms with Gasteiger partial charge in [-0.2, -0.15) is 0 Å². The van der Waals surface area contributed by atoms with Gasteiger partial charge in [-0.1, -0.05) is 18.2 Å². The molecule has 3 nitrogen and oxygen atoms in total. The van der Waals surface area contributed by atoms with E-state index in [1.165, 1.54) is 6.92 Å². The van der Waals surface area contributed by atoms with Crippen molar-refractivity contribution in [3.05, 3.63) is 35.9 Å². The van der Waals surface area contributed by atoms with Crippen LogP contribution in [-0.2, 0) is 4.79 Å². The SMILES string of the molecule is CC(=O)CC(C)NC(=O)c1ccccc1. The molecule has 80 valence electrons. The smallest absolute Gasteiger partial charge is 0.251 e. The summed E-state index contributed by atoms with van der Waals surface area (Å²) >= 11 is 0. The lowest BCUT2D eigenvalue weighted by Gasteiger charge is -2.11. The number of hydrogen-bond donors (Lipinski definition) is 1. The summed E-state index contributed by atoms with van der Waals surface area (Å²) in [5.41, 5.74) is 0.618. The third-order valence-electron chi connectivity index (χ3n) is 2.01. The standard InChI is InChI=1S/C12H15NO2/c1-9(8-10(2)14)13-12(15)11-6-4-3-5-7-11/h3-7,9H,8H2,1-2H3,(H,13,15). The third-order valence-corrected chi connectivity index (χ3v) is 2.01. The predicted molar refractivity (Wildman–Crippen MR) is 58.7 cm³/mol. The Morgan fingerprint density at radius 3 is 2.40 bits per heavy atom. The lowest BCUT2D eigenvalue weighted by molar-refractivity contribution is -0.117. The Balaban J connectivity index is 2.53. The molecule has 1 N–H and O–H groups in total. The van der Waals surface area contributed by atoms with Crippen molar-refractivity contribution in [1.82, 2.24) is 5.32 Å². The molecule has 0 aliphatic rings. The van der Waals surface area contributed by atoms with E-state index in [0.29, 0.717) is 12.0 Å². The molecule has 1 aromatic rings. The molecule has 0 bridgehead atoms. The summed E-state index contributed by atoms with van der Waals surface area (Å²) in [7, 11) is 0. The van der Waals surface area contributed by atoms with Crippen LogP contribution in [0.1, 0.15) is 30.6 Å². The summed E-state index contributed by atoms with van der Waals surface area (Å²) in [6.07, 6.45) is 0.374. The molecule has 1 unspecified atom stereocenters. The van der Waals surface area contributed by atoms with Gasteiger partial charge in [0.15, 0.2) is 0 Å². The number of Topliss-reactive ketones (excluding diaryl/α,β-unsaturated/α-hetero) is 1. The predicted octanol–water partition coefficient (Wildman–Crippen LogP) is 1.78. The van der Waals surface area contributed by atoms with E-state index < -0.39 is 0 Å². The second-order valence-corrected chi connectivity index (χ2v) is 3.65. The van der Waals surface area contributed by atoms with Crippen LogP contribution in [0.25, 0.3) is 0 Å². The maximum atomic E-state index is 11.6. The van der Waals surface area contributed by atoms with Gasteiger partial charge in [0.05, 0.1) is 0 Å². The Morgan fingerprint density at radius 1 is 1.27 bits per heavy atom. The average molecular weight is 205 g/mol. The number of carbonyl (C=O) groups is 2. The van der Waals surface area contributed by atoms with E-state index in [9.17, 15) is 9.59 Å². The van der Waals surface area contributed by atoms with Gasteiger partial charge in [0.1, 0.15) is 5.78 Å². The highest BCUT2D eigenvalue weighted by molar-refractivity contribution is 5.94. The first kappa shape index (κ1) is 11.4. The first-order chi connectivity index (χ1) is 7.09. The largest absolute Gasteiger partial charge is 0.349 e. The van der Waals surface area contributed by atoms with Gasteiger partial charge in [-0.15, -0.1) is 0 Å². The number of benzene rings is 1. The van der Waals surface area contributed by atoms with Gasteiger partial charge in [0.25, 0.3) is 5.91 Å². The topological polar surface area (TPSA) is 46.2 Å². The summed E-state index contributed by atoms with van der Waals surface area (Å²) < 4.78 is 0. The molecule has 1 atom stereocenters. The zero-order valence-electron chi connectivity index (χ0n) is 8.99. The molecule has 1 amide bonds. The van der Waals surface area contributed by atoms with E-state index in [1.807, 2.05) is 25.1 Å². The van der Waals surface area contributed by atoms with Crippen molar-refractivity contribution < 1.29 is 9.59 Å². The van der Waals surface area contributed by atoms with Crippen LogP contribution in [0.2, 0.25) is 0 Å². The van der Waals surface area contributed by atoms with E-state index in [2.05, 4.69) is 5.32 Å². The van der Waals surface area contributed by atoms with Gasteiger partial charge in [-0.05, 0) is 26.0 Å². The summed E-state index contributed by atoms with van der Waals surface area (Å²) in [6, 6.07) is 8.85. The maximum Gasteiger partial charge on any atom is 0.251 e. The lowest BCUT2D eigenvalue weighted by Crippen LogP contribution is -2.33. The van der Waals surface area contributed by atoms with Gasteiger partial charge in [-0.25, -0.2) is 0 Å². The molecule has 0 aliphatic carbocycles. The molecule has 0 heterocycles. The highest BCUT2D eigenvalue weighted by Crippen LogP contribution is 2.00. The zero-order chi connectivity index (χ0) is 11.3. The molecule has 0 saturated carbocycles. The van der Waals surface area contributed by atoms with Crippen LogP contribution in [0, 0.1) is 0 Å². The van der Waals surface area contributed by atoms with Crippen molar-refractivity contribution in [1.29, 1.82) is 0 Å². The molecule has 0 aliphatic heterocycles. The molecule has 1 rings (SSSR count). The second kappa shape index (κ2) is 5.29. The van der Waals surface area contributed by atoms with Crippen LogP contribution in [0.15, 0.2) is 30.3 Å². The maximum absolute atomic E-state index is 11.6. The van der Waals surface area contributed by atoms with Crippen LogP contribution < -0.4 is 5.32 Å². The molecule has 0 spiro atoms. The fourth-order valence-corrected chi connectivity index (χ4v) is 1.38. The average Bonchev–Trinajstić information content (AvgIpc) is 2.17. The van der Waals surface area contributed by atoms with Gasteiger partial charge < -0.3 is 5.32 Å². The quantitative estimate of drug-likeness (QED) is 0.814. The summed E-state index contributed by atoms with van der Waals surface area (Å²) in [6.45, 7) is 3.34. The molecular weight excluding hydrogens is 190 g/mol. The third kappa shape index (κ3) is 3.94. The first-order valence-electron chi connectivity index (χ1n) is 4.95. The fourth-order valence-electron chi connectivity index (χ4n) is 1.38. The van der Waals surface area contributed by atoms with E-state index in [-0.39, 0.29) is 17.7 Å². The van der Waals surface area contributed by atoms with Gasteiger partial charge >= 0.3 is 0 Å². The molecule has 1 aromatic carbocycles. The van der Waals surface area contributed by atoms with Crippen molar-refractivity contribution in [2.45, 2.75) is 26.3 Å². The van der Waals surface area contributed by atoms with Crippen molar-refractivity contribution >= 4 is 11.7 Å². The number of carbonyl (C=O) groups excluding carboxylic acids is 2. The van der Waals surface area contributed by atoms with E-state index >= 15 is 0 Å². The Morgan fingerprint density at radius 2 is 1.87 bits per heavy atom. The van der Waals surface area contributed by atoms with Crippen LogP contribution in [0.4, 0.5) is 0 Å². The van der Waals surface area contributed by atoms with Gasteiger partial charge in [0, 0.05) is 18.0 Å². The highest BCUT2D eigenvalue weighted by atomic mass is 16.2. The van der Waals surface area contributed by atoms with Crippen molar-refractivity contribution in [3.63, 3.8) is 0 Å². The van der Waals surface area contributed by atoms with Crippen LogP contribution in [0.3, 0.4) is 0 Å². The van der Waals surface area contributed by atoms with Crippen LogP contribution in [-0.4, -0.2) is 17.7 Å².